The van der Waals surface area contributed by atoms with Crippen LogP contribution in [0.15, 0.2) is 42.4 Å². The van der Waals surface area contributed by atoms with Gasteiger partial charge in [-0.2, -0.15) is 0 Å². The Kier molecular flexibility index (Phi) is 4.93. The van der Waals surface area contributed by atoms with Gasteiger partial charge < -0.3 is 19.9 Å². The number of rotatable bonds is 9. The minimum atomic E-state index is -2.86. The Morgan fingerprint density at radius 1 is 1.16 bits per heavy atom. The fourth-order valence-electron chi connectivity index (χ4n) is 3.07. The summed E-state index contributed by atoms with van der Waals surface area (Å²) in [6, 6.07) is 5.39. The van der Waals surface area contributed by atoms with Gasteiger partial charge in [-0.15, -0.1) is 0 Å². The maximum Gasteiger partial charge on any atom is 0.238 e. The topological polar surface area (TPSA) is 74.3 Å². The van der Waals surface area contributed by atoms with Crippen LogP contribution in [0.1, 0.15) is 23.5 Å². The Morgan fingerprint density at radius 3 is 2.42 bits per heavy atom. The molecule has 1 atom stereocenters. The second kappa shape index (κ2) is 11.1. The number of amides is 1. The molecular formula is C24H33N3O4. The number of methoxy groups -OCH3 is 1. The van der Waals surface area contributed by atoms with Crippen LogP contribution in [0.3, 0.4) is 0 Å². The fraction of sp³-hybridized carbons (Fsp3) is 0.458. The number of nitrogens with zero attached hydrogens (tertiary/aromatic N) is 2. The van der Waals surface area contributed by atoms with E-state index in [1.54, 1.807) is 12.1 Å². The van der Waals surface area contributed by atoms with Crippen molar-refractivity contribution < 1.29 is 31.7 Å². The zero-order chi connectivity index (χ0) is 30.2. The van der Waals surface area contributed by atoms with Crippen LogP contribution in [-0.2, 0) is 4.79 Å². The van der Waals surface area contributed by atoms with E-state index >= 15 is 0 Å². The van der Waals surface area contributed by atoms with Gasteiger partial charge in [0.25, 0.3) is 0 Å². The molecule has 31 heavy (non-hydrogen) atoms. The number of anilines is 1. The summed E-state index contributed by atoms with van der Waals surface area (Å²) in [5.41, 5.74) is 0.564. The summed E-state index contributed by atoms with van der Waals surface area (Å²) in [4.78, 5) is 15.3. The Labute approximate surface area is 197 Å². The van der Waals surface area contributed by atoms with Crippen LogP contribution in [0.5, 0.6) is 11.5 Å². The number of piperazine rings is 1. The van der Waals surface area contributed by atoms with Crippen molar-refractivity contribution in [3.05, 3.63) is 53.5 Å². The zero-order valence-corrected chi connectivity index (χ0v) is 17.8. The third-order valence-electron chi connectivity index (χ3n) is 4.68. The average molecular weight is 437 g/mol. The summed E-state index contributed by atoms with van der Waals surface area (Å²) in [6.07, 6.45) is -2.26. The number of hydrogen-bond donors (Lipinski definition) is 2. The molecule has 1 unspecified atom stereocenters. The molecule has 1 aliphatic heterocycles. The Morgan fingerprint density at radius 2 is 1.77 bits per heavy atom. The summed E-state index contributed by atoms with van der Waals surface area (Å²) in [5, 5.41) is 13.2. The molecule has 0 spiro atoms. The predicted molar refractivity (Wildman–Crippen MR) is 122 cm³/mol. The summed E-state index contributed by atoms with van der Waals surface area (Å²) in [7, 11) is 1.36. The van der Waals surface area contributed by atoms with Crippen molar-refractivity contribution in [1.29, 1.82) is 0 Å². The molecule has 7 nitrogen and oxygen atoms in total. The molecule has 1 fully saturated rings. The van der Waals surface area contributed by atoms with Gasteiger partial charge in [0.1, 0.15) is 12.7 Å². The molecule has 0 bridgehead atoms. The normalized spacial score (nSPS) is 21.6. The SMILES string of the molecule is [2H]c1c([2H])c(C)c(NC(=O)C([2H])([2H])N2CCN(C([2H])([2H])C(O)C([2H])([2H])Oc3ccccc3OC)CC2)c(C)c1[2H]. The standard InChI is InChI=1S/C24H33N3O4/c1-18-7-6-8-19(2)24(18)25-23(29)16-27-13-11-26(12-14-27)15-20(28)17-31-22-10-5-4-9-21(22)30-3/h4-10,20,28H,11-17H2,1-3H3,(H,25,29)/i6D,7D,8D,15D2,16D2,17D2. The molecule has 0 aromatic heterocycles. The first kappa shape index (κ1) is 13.7. The van der Waals surface area contributed by atoms with E-state index in [1.165, 1.54) is 38.0 Å². The Balaban J connectivity index is 1.70. The van der Waals surface area contributed by atoms with E-state index in [0.29, 0.717) is 0 Å². The number of para-hydroxylation sites is 3. The fourth-order valence-corrected chi connectivity index (χ4v) is 3.07. The van der Waals surface area contributed by atoms with E-state index < -0.39 is 31.6 Å². The van der Waals surface area contributed by atoms with E-state index in [9.17, 15) is 9.90 Å². The second-order valence-corrected chi connectivity index (χ2v) is 6.94. The van der Waals surface area contributed by atoms with Crippen molar-refractivity contribution >= 4 is 11.6 Å². The van der Waals surface area contributed by atoms with E-state index in [2.05, 4.69) is 5.32 Å². The number of benzene rings is 2. The highest BCUT2D eigenvalue weighted by molar-refractivity contribution is 5.93. The molecule has 0 saturated carbocycles. The first-order chi connectivity index (χ1) is 18.5. The largest absolute Gasteiger partial charge is 0.493 e. The molecule has 2 aromatic rings. The van der Waals surface area contributed by atoms with E-state index in [4.69, 9.17) is 21.8 Å². The Bertz CT molecular complexity index is 1230. The van der Waals surface area contributed by atoms with Gasteiger partial charge in [-0.3, -0.25) is 14.6 Å². The van der Waals surface area contributed by atoms with Gasteiger partial charge >= 0.3 is 0 Å². The van der Waals surface area contributed by atoms with E-state index in [1.807, 2.05) is 0 Å². The summed E-state index contributed by atoms with van der Waals surface area (Å²) in [5.74, 6) is -0.868. The molecule has 1 heterocycles. The molecule has 2 aromatic carbocycles. The molecule has 0 radical (unpaired) electrons. The molecule has 1 saturated heterocycles. The van der Waals surface area contributed by atoms with Crippen LogP contribution in [0.25, 0.3) is 0 Å². The molecule has 1 amide bonds. The smallest absolute Gasteiger partial charge is 0.238 e. The summed E-state index contributed by atoms with van der Waals surface area (Å²) >= 11 is 0. The molecule has 7 heteroatoms. The maximum absolute atomic E-state index is 13.0. The quantitative estimate of drug-likeness (QED) is 0.628. The molecule has 2 N–H and O–H groups in total. The molecule has 0 aliphatic carbocycles. The van der Waals surface area contributed by atoms with Crippen molar-refractivity contribution in [3.63, 3.8) is 0 Å². The van der Waals surface area contributed by atoms with Crippen molar-refractivity contribution in [2.75, 3.05) is 58.2 Å². The van der Waals surface area contributed by atoms with Gasteiger partial charge in [-0.25, -0.2) is 0 Å². The third-order valence-corrected chi connectivity index (χ3v) is 4.68. The van der Waals surface area contributed by atoms with E-state index in [-0.39, 0.29) is 72.6 Å². The molecule has 168 valence electrons. The van der Waals surface area contributed by atoms with Gasteiger partial charge in [0, 0.05) is 41.1 Å². The minimum Gasteiger partial charge on any atom is -0.493 e. The number of β-amino-alcohol motifs (C(OH)–C–C–N with tert-alkyl or cyclic N) is 1. The first-order valence-corrected chi connectivity index (χ1v) is 9.85. The number of aliphatic hydroxyl groups excluding tert-OH is 1. The van der Waals surface area contributed by atoms with Crippen LogP contribution in [-0.4, -0.2) is 79.8 Å². The predicted octanol–water partition coefficient (Wildman–Crippen LogP) is 2.31. The van der Waals surface area contributed by atoms with Gasteiger partial charge in [-0.05, 0) is 37.1 Å². The molecular weight excluding hydrogens is 394 g/mol. The number of carbonyl (C=O) groups is 1. The van der Waals surface area contributed by atoms with Crippen LogP contribution in [0, 0.1) is 13.8 Å². The minimum absolute atomic E-state index is 0.0215. The lowest BCUT2D eigenvalue weighted by molar-refractivity contribution is -0.117. The van der Waals surface area contributed by atoms with Gasteiger partial charge in [0.15, 0.2) is 11.5 Å². The van der Waals surface area contributed by atoms with Crippen LogP contribution in [0.2, 0.25) is 0 Å². The number of aliphatic hydroxyl groups is 1. The highest BCUT2D eigenvalue weighted by Gasteiger charge is 2.21. The number of carbonyl (C=O) groups excluding carboxylic acids is 1. The van der Waals surface area contributed by atoms with Crippen molar-refractivity contribution in [2.45, 2.75) is 20.0 Å². The number of ether oxygens (including phenoxy) is 2. The van der Waals surface area contributed by atoms with Gasteiger partial charge in [0.2, 0.25) is 5.91 Å². The summed E-state index contributed by atoms with van der Waals surface area (Å²) in [6.45, 7) is -5.56. The van der Waals surface area contributed by atoms with E-state index in [0.717, 1.165) is 4.90 Å². The van der Waals surface area contributed by atoms with Crippen molar-refractivity contribution in [1.82, 2.24) is 9.80 Å². The summed E-state index contributed by atoms with van der Waals surface area (Å²) < 4.78 is 84.4. The molecule has 1 aliphatic rings. The lowest BCUT2D eigenvalue weighted by Crippen LogP contribution is -2.50. The number of hydrogen-bond acceptors (Lipinski definition) is 6. The Hall–Kier alpha value is -2.61. The van der Waals surface area contributed by atoms with Gasteiger partial charge in [-0.1, -0.05) is 30.3 Å². The van der Waals surface area contributed by atoms with Crippen molar-refractivity contribution in [3.8, 4) is 11.5 Å². The zero-order valence-electron chi connectivity index (χ0n) is 26.8. The average Bonchev–Trinajstić information content (AvgIpc) is 2.92. The monoisotopic (exact) mass is 436 g/mol. The second-order valence-electron chi connectivity index (χ2n) is 6.94. The van der Waals surface area contributed by atoms with Crippen LogP contribution in [0.4, 0.5) is 5.69 Å². The lowest BCUT2D eigenvalue weighted by atomic mass is 10.1. The highest BCUT2D eigenvalue weighted by Crippen LogP contribution is 2.25. The third kappa shape index (κ3) is 6.69. The lowest BCUT2D eigenvalue weighted by Gasteiger charge is -2.35. The maximum atomic E-state index is 13.0. The highest BCUT2D eigenvalue weighted by atomic mass is 16.5. The van der Waals surface area contributed by atoms with Crippen molar-refractivity contribution in [2.24, 2.45) is 0 Å². The van der Waals surface area contributed by atoms with Gasteiger partial charge in [0.05, 0.1) is 23.2 Å². The first-order valence-electron chi connectivity index (χ1n) is 14.3. The van der Waals surface area contributed by atoms with Crippen LogP contribution >= 0.6 is 0 Å². The number of nitrogens with one attached hydrogen (secondary N) is 1. The molecule has 3 rings (SSSR count). The van der Waals surface area contributed by atoms with Crippen LogP contribution < -0.4 is 14.8 Å².